The number of fused-ring (bicyclic) bond motifs is 3. The lowest BCUT2D eigenvalue weighted by molar-refractivity contribution is -0.442. The van der Waals surface area contributed by atoms with Gasteiger partial charge in [0.05, 0.1) is 96.8 Å². The first-order chi connectivity index (χ1) is 32.6. The van der Waals surface area contributed by atoms with Crippen molar-refractivity contribution in [3.63, 3.8) is 0 Å². The molecule has 4 aliphatic rings. The van der Waals surface area contributed by atoms with E-state index in [-0.39, 0.29) is 34.9 Å². The van der Waals surface area contributed by atoms with Gasteiger partial charge in [-0.3, -0.25) is 4.79 Å². The average Bonchev–Trinajstić information content (AvgIpc) is 4.00. The molecule has 0 radical (unpaired) electrons. The van der Waals surface area contributed by atoms with E-state index in [0.717, 1.165) is 38.1 Å². The van der Waals surface area contributed by atoms with Crippen LogP contribution in [0.1, 0.15) is 64.5 Å². The first kappa shape index (κ1) is 52.3. The van der Waals surface area contributed by atoms with E-state index in [1.807, 2.05) is 11.8 Å². The SMILES string of the molecule is COCCOCCOCCOCCN1C(=CC=CC=CC2=[N+](CCOCCOCCOCCNC(=O)CCCCC3SC[C@H]4NC(=O)N[C@@H]34)c3ccccc3C2(C)C)C(C)(C)c2ccccc21. The number of carbonyl (C=O) groups excluding carboxylic acids is 2. The summed E-state index contributed by atoms with van der Waals surface area (Å²) in [6, 6.07) is 17.7. The van der Waals surface area contributed by atoms with Gasteiger partial charge >= 0.3 is 6.03 Å². The van der Waals surface area contributed by atoms with Crippen molar-refractivity contribution in [1.29, 1.82) is 0 Å². The molecule has 0 aromatic heterocycles. The quantitative estimate of drug-likeness (QED) is 0.0323. The minimum Gasteiger partial charge on any atom is -0.382 e. The van der Waals surface area contributed by atoms with Crippen molar-refractivity contribution in [2.75, 3.05) is 123 Å². The van der Waals surface area contributed by atoms with Gasteiger partial charge in [0.2, 0.25) is 11.6 Å². The molecule has 0 saturated carbocycles. The number of hydrogen-bond acceptors (Lipinski definition) is 11. The normalized spacial score (nSPS) is 20.9. The molecule has 2 aromatic rings. The van der Waals surface area contributed by atoms with Crippen LogP contribution in [-0.2, 0) is 48.8 Å². The maximum Gasteiger partial charge on any atom is 0.315 e. The van der Waals surface area contributed by atoms with Crippen LogP contribution >= 0.6 is 11.8 Å². The molecular weight excluding hydrogens is 871 g/mol. The summed E-state index contributed by atoms with van der Waals surface area (Å²) in [4.78, 5) is 26.2. The monoisotopic (exact) mass is 947 g/mol. The maximum absolute atomic E-state index is 12.3. The van der Waals surface area contributed by atoms with Crippen molar-refractivity contribution in [3.8, 4) is 0 Å². The van der Waals surface area contributed by atoms with Crippen LogP contribution in [0.5, 0.6) is 0 Å². The van der Waals surface area contributed by atoms with E-state index in [2.05, 4.69) is 132 Å². The van der Waals surface area contributed by atoms with Crippen LogP contribution in [0.15, 0.2) is 84.6 Å². The number of unbranched alkanes of at least 4 members (excludes halogenated alkanes) is 1. The largest absolute Gasteiger partial charge is 0.382 e. The van der Waals surface area contributed by atoms with E-state index in [1.54, 1.807) is 7.11 Å². The van der Waals surface area contributed by atoms with Crippen LogP contribution in [0.3, 0.4) is 0 Å². The maximum atomic E-state index is 12.3. The number of allylic oxidation sites excluding steroid dienone is 6. The summed E-state index contributed by atoms with van der Waals surface area (Å²) in [7, 11) is 1.66. The Balaban J connectivity index is 0.883. The second-order valence-corrected chi connectivity index (χ2v) is 19.4. The molecule has 2 saturated heterocycles. The molecule has 0 aliphatic carbocycles. The predicted octanol–water partition coefficient (Wildman–Crippen LogP) is 6.44. The number of ether oxygens (including phenoxy) is 7. The highest BCUT2D eigenvalue weighted by molar-refractivity contribution is 8.00. The molecular formula is C52H76N5O9S+. The number of urea groups is 1. The highest BCUT2D eigenvalue weighted by atomic mass is 32.2. The molecule has 1 unspecified atom stereocenters. The molecule has 368 valence electrons. The molecule has 6 rings (SSSR count). The van der Waals surface area contributed by atoms with Crippen molar-refractivity contribution in [3.05, 3.63) is 95.7 Å². The number of benzene rings is 2. The second kappa shape index (κ2) is 27.2. The highest BCUT2D eigenvalue weighted by Gasteiger charge is 2.44. The Hall–Kier alpha value is -4.06. The summed E-state index contributed by atoms with van der Waals surface area (Å²) in [5.74, 6) is 1.01. The third kappa shape index (κ3) is 15.0. The Kier molecular flexibility index (Phi) is 21.2. The van der Waals surface area contributed by atoms with E-state index in [4.69, 9.17) is 33.2 Å². The lowest BCUT2D eigenvalue weighted by Crippen LogP contribution is -2.36. The number of nitrogens with one attached hydrogen (secondary N) is 3. The van der Waals surface area contributed by atoms with Crippen molar-refractivity contribution < 1.29 is 47.3 Å². The zero-order valence-corrected chi connectivity index (χ0v) is 41.4. The lowest BCUT2D eigenvalue weighted by Gasteiger charge is -2.27. The zero-order chi connectivity index (χ0) is 47.3. The van der Waals surface area contributed by atoms with Crippen LogP contribution in [0.25, 0.3) is 0 Å². The van der Waals surface area contributed by atoms with Gasteiger partial charge in [0, 0.05) is 72.1 Å². The van der Waals surface area contributed by atoms with E-state index in [0.29, 0.717) is 104 Å². The number of para-hydroxylation sites is 2. The number of anilines is 1. The summed E-state index contributed by atoms with van der Waals surface area (Å²) in [5.41, 5.74) is 7.18. The number of amides is 3. The van der Waals surface area contributed by atoms with Crippen LogP contribution in [-0.4, -0.2) is 158 Å². The summed E-state index contributed by atoms with van der Waals surface area (Å²) >= 11 is 1.91. The molecule has 3 amide bonds. The van der Waals surface area contributed by atoms with Crippen molar-refractivity contribution in [1.82, 2.24) is 16.0 Å². The minimum atomic E-state index is -0.173. The fourth-order valence-electron chi connectivity index (χ4n) is 9.28. The van der Waals surface area contributed by atoms with Gasteiger partial charge in [-0.25, -0.2) is 4.79 Å². The van der Waals surface area contributed by atoms with Crippen molar-refractivity contribution in [2.45, 2.75) is 81.5 Å². The molecule has 3 N–H and O–H groups in total. The average molecular weight is 947 g/mol. The first-order valence-electron chi connectivity index (χ1n) is 24.2. The molecule has 3 atom stereocenters. The van der Waals surface area contributed by atoms with Gasteiger partial charge in [-0.2, -0.15) is 16.3 Å². The first-order valence-corrected chi connectivity index (χ1v) is 25.3. The smallest absolute Gasteiger partial charge is 0.315 e. The van der Waals surface area contributed by atoms with Gasteiger partial charge in [-0.05, 0) is 44.4 Å². The number of rotatable bonds is 32. The van der Waals surface area contributed by atoms with E-state index in [1.165, 1.54) is 33.9 Å². The molecule has 14 nitrogen and oxygen atoms in total. The number of hydrogen-bond donors (Lipinski definition) is 3. The van der Waals surface area contributed by atoms with Gasteiger partial charge < -0.3 is 54.0 Å². The standard InChI is InChI=1S/C52H75N5O9S/c1-51(2)40-15-9-11-17-43(40)56(24-27-62-32-35-65-34-31-61-26-23-53-48(58)22-14-13-19-45-49-42(39-67-45)54-50(59)55-49)46(51)20-7-6-8-21-47-52(3,4)41-16-10-12-18-44(41)57(47)25-28-63-33-36-66-38-37-64-30-29-60-5/h6-12,15-18,20-21,42,45,49H,13-14,19,22-39H2,1-5H3,(H2-,53,54,55,58,59)/p+1/t42-,45?,49-/m1/s1. The third-order valence-electron chi connectivity index (χ3n) is 12.8. The Bertz CT molecular complexity index is 2000. The highest BCUT2D eigenvalue weighted by Crippen LogP contribution is 2.47. The number of carbonyl (C=O) groups is 2. The Labute approximate surface area is 403 Å². The zero-order valence-electron chi connectivity index (χ0n) is 40.6. The van der Waals surface area contributed by atoms with Gasteiger partial charge in [0.15, 0.2) is 12.3 Å². The van der Waals surface area contributed by atoms with Crippen LogP contribution in [0.4, 0.5) is 16.2 Å². The van der Waals surface area contributed by atoms with E-state index >= 15 is 0 Å². The number of nitrogens with zero attached hydrogens (tertiary/aromatic N) is 2. The summed E-state index contributed by atoms with van der Waals surface area (Å²) in [6.45, 7) is 17.9. The summed E-state index contributed by atoms with van der Waals surface area (Å²) < 4.78 is 42.0. The Morgan fingerprint density at radius 1 is 0.761 bits per heavy atom. The van der Waals surface area contributed by atoms with Crippen LogP contribution in [0.2, 0.25) is 0 Å². The molecule has 4 heterocycles. The molecule has 0 bridgehead atoms. The molecule has 15 heteroatoms. The van der Waals surface area contributed by atoms with Crippen LogP contribution < -0.4 is 20.9 Å². The van der Waals surface area contributed by atoms with Gasteiger partial charge in [0.25, 0.3) is 0 Å². The van der Waals surface area contributed by atoms with Crippen molar-refractivity contribution >= 4 is 40.8 Å². The molecule has 67 heavy (non-hydrogen) atoms. The van der Waals surface area contributed by atoms with E-state index in [9.17, 15) is 9.59 Å². The fraction of sp³-hybridized carbons (Fsp3) is 0.596. The number of thioether (sulfide) groups is 1. The van der Waals surface area contributed by atoms with Crippen molar-refractivity contribution in [2.24, 2.45) is 0 Å². The fourth-order valence-corrected chi connectivity index (χ4v) is 10.8. The summed E-state index contributed by atoms with van der Waals surface area (Å²) in [5, 5.41) is 9.37. The van der Waals surface area contributed by atoms with Gasteiger partial charge in [0.1, 0.15) is 6.61 Å². The topological polar surface area (TPSA) is 141 Å². The Morgan fingerprint density at radius 2 is 1.40 bits per heavy atom. The number of methoxy groups -OCH3 is 1. The molecule has 4 aliphatic heterocycles. The minimum absolute atomic E-state index is 0.0490. The molecule has 2 fully saturated rings. The Morgan fingerprint density at radius 3 is 2.13 bits per heavy atom. The summed E-state index contributed by atoms with van der Waals surface area (Å²) in [6.07, 6.45) is 14.2. The molecule has 2 aromatic carbocycles. The molecule has 0 spiro atoms. The second-order valence-electron chi connectivity index (χ2n) is 18.2. The van der Waals surface area contributed by atoms with Gasteiger partial charge in [-0.15, -0.1) is 0 Å². The van der Waals surface area contributed by atoms with Gasteiger partial charge in [-0.1, -0.05) is 74.9 Å². The third-order valence-corrected chi connectivity index (χ3v) is 14.3. The predicted molar refractivity (Wildman–Crippen MR) is 266 cm³/mol. The van der Waals surface area contributed by atoms with E-state index < -0.39 is 0 Å². The van der Waals surface area contributed by atoms with Crippen LogP contribution in [0, 0.1) is 0 Å². The lowest BCUT2D eigenvalue weighted by atomic mass is 9.81.